The Kier molecular flexibility index (Phi) is 4.38. The van der Waals surface area contributed by atoms with Gasteiger partial charge in [-0.1, -0.05) is 30.3 Å². The van der Waals surface area contributed by atoms with Crippen LogP contribution < -0.4 is 4.72 Å². The zero-order valence-electron chi connectivity index (χ0n) is 9.82. The molecule has 4 heteroatoms. The molecular weight excluding hydrogens is 222 g/mol. The van der Waals surface area contributed by atoms with E-state index in [1.807, 2.05) is 39.0 Å². The molecule has 3 nitrogen and oxygen atoms in total. The zero-order chi connectivity index (χ0) is 12.2. The number of carbonyl (C=O) groups excluding carboxylic acids is 1. The molecule has 0 aliphatic rings. The van der Waals surface area contributed by atoms with E-state index in [1.54, 1.807) is 12.1 Å². The van der Waals surface area contributed by atoms with Crippen molar-refractivity contribution in [1.29, 1.82) is 0 Å². The Morgan fingerprint density at radius 2 is 1.81 bits per heavy atom. The van der Waals surface area contributed by atoms with Gasteiger partial charge in [0.25, 0.3) is 0 Å². The molecule has 0 fully saturated rings. The highest BCUT2D eigenvalue weighted by Gasteiger charge is 2.19. The number of benzene rings is 1. The quantitative estimate of drug-likeness (QED) is 0.816. The van der Waals surface area contributed by atoms with Gasteiger partial charge in [-0.25, -0.2) is 8.93 Å². The van der Waals surface area contributed by atoms with Crippen molar-refractivity contribution in [2.75, 3.05) is 6.54 Å². The number of nitrogens with one attached hydrogen (secondary N) is 1. The Bertz CT molecular complexity index is 382. The molecule has 0 unspecified atom stereocenters. The first-order valence-corrected chi connectivity index (χ1v) is 6.30. The van der Waals surface area contributed by atoms with Gasteiger partial charge in [-0.3, -0.25) is 4.79 Å². The van der Waals surface area contributed by atoms with Gasteiger partial charge in [0.15, 0.2) is 5.78 Å². The summed E-state index contributed by atoms with van der Waals surface area (Å²) in [6.45, 7) is 5.70. The number of Topliss-reactive ketones (excluding diaryl/α,β-unsaturated/α-hetero) is 1. The van der Waals surface area contributed by atoms with E-state index in [2.05, 4.69) is 4.72 Å². The van der Waals surface area contributed by atoms with Crippen LogP contribution in [-0.4, -0.2) is 21.3 Å². The molecule has 0 saturated carbocycles. The van der Waals surface area contributed by atoms with Gasteiger partial charge in [-0.2, -0.15) is 0 Å². The third-order valence-electron chi connectivity index (χ3n) is 2.02. The third kappa shape index (κ3) is 3.87. The van der Waals surface area contributed by atoms with Crippen molar-refractivity contribution in [3.8, 4) is 0 Å². The average Bonchev–Trinajstić information content (AvgIpc) is 2.25. The van der Waals surface area contributed by atoms with Crippen LogP contribution in [0.15, 0.2) is 30.3 Å². The minimum absolute atomic E-state index is 0.0433. The molecule has 0 aliphatic carbocycles. The van der Waals surface area contributed by atoms with E-state index >= 15 is 0 Å². The van der Waals surface area contributed by atoms with E-state index in [0.29, 0.717) is 5.56 Å². The molecule has 0 bridgehead atoms. The molecule has 1 aromatic rings. The monoisotopic (exact) mass is 239 g/mol. The third-order valence-corrected chi connectivity index (χ3v) is 3.53. The highest BCUT2D eigenvalue weighted by Crippen LogP contribution is 2.08. The minimum Gasteiger partial charge on any atom is -0.293 e. The lowest BCUT2D eigenvalue weighted by molar-refractivity contribution is 0.0997. The molecule has 0 aromatic heterocycles. The van der Waals surface area contributed by atoms with Gasteiger partial charge in [0.1, 0.15) is 0 Å². The van der Waals surface area contributed by atoms with Crippen LogP contribution in [0.2, 0.25) is 0 Å². The summed E-state index contributed by atoms with van der Waals surface area (Å²) in [6.07, 6.45) is 0. The number of hydrogen-bond donors (Lipinski definition) is 1. The summed E-state index contributed by atoms with van der Waals surface area (Å²) in [6, 6.07) is 8.99. The lowest BCUT2D eigenvalue weighted by Gasteiger charge is -2.17. The molecular formula is C12H17NO2S. The number of carbonyl (C=O) groups is 1. The van der Waals surface area contributed by atoms with Gasteiger partial charge in [-0.15, -0.1) is 0 Å². The fraction of sp³-hybridized carbons (Fsp3) is 0.417. The fourth-order valence-corrected chi connectivity index (χ4v) is 1.77. The molecule has 1 N–H and O–H groups in total. The predicted molar refractivity (Wildman–Crippen MR) is 66.7 cm³/mol. The van der Waals surface area contributed by atoms with Crippen LogP contribution in [0, 0.1) is 0 Å². The summed E-state index contributed by atoms with van der Waals surface area (Å²) in [5.74, 6) is -0.0433. The van der Waals surface area contributed by atoms with Crippen molar-refractivity contribution in [2.24, 2.45) is 0 Å². The molecule has 16 heavy (non-hydrogen) atoms. The maximum atomic E-state index is 11.7. The molecule has 0 radical (unpaired) electrons. The Hall–Kier alpha value is -1.00. The maximum absolute atomic E-state index is 11.7. The Morgan fingerprint density at radius 1 is 1.25 bits per heavy atom. The molecule has 0 saturated heterocycles. The highest BCUT2D eigenvalue weighted by molar-refractivity contribution is 7.84. The molecule has 1 aromatic carbocycles. The molecule has 1 atom stereocenters. The normalized spacial score (nSPS) is 13.4. The summed E-state index contributed by atoms with van der Waals surface area (Å²) >= 11 is 0. The van der Waals surface area contributed by atoms with Crippen molar-refractivity contribution in [2.45, 2.75) is 25.5 Å². The first kappa shape index (κ1) is 13.1. The standard InChI is InChI=1S/C12H17NO2S/c1-12(2,3)16(15)13-9-11(14)10-7-5-4-6-8-10/h4-8,13H,9H2,1-3H3/t16-/m1/s1. The maximum Gasteiger partial charge on any atom is 0.177 e. The molecule has 0 heterocycles. The second kappa shape index (κ2) is 5.37. The zero-order valence-corrected chi connectivity index (χ0v) is 10.6. The van der Waals surface area contributed by atoms with E-state index in [4.69, 9.17) is 0 Å². The van der Waals surface area contributed by atoms with Crippen molar-refractivity contribution in [1.82, 2.24) is 4.72 Å². The Labute approximate surface area is 98.8 Å². The van der Waals surface area contributed by atoms with E-state index in [1.165, 1.54) is 0 Å². The van der Waals surface area contributed by atoms with Gasteiger partial charge < -0.3 is 0 Å². The van der Waals surface area contributed by atoms with Crippen LogP contribution in [0.4, 0.5) is 0 Å². The summed E-state index contributed by atoms with van der Waals surface area (Å²) in [5.41, 5.74) is 0.640. The topological polar surface area (TPSA) is 46.2 Å². The second-order valence-electron chi connectivity index (χ2n) is 4.49. The van der Waals surface area contributed by atoms with Crippen molar-refractivity contribution in [3.05, 3.63) is 35.9 Å². The molecule has 88 valence electrons. The molecule has 0 aliphatic heterocycles. The summed E-state index contributed by atoms with van der Waals surface area (Å²) in [4.78, 5) is 11.7. The van der Waals surface area contributed by atoms with Crippen molar-refractivity contribution < 1.29 is 9.00 Å². The van der Waals surface area contributed by atoms with Gasteiger partial charge in [0, 0.05) is 5.56 Å². The predicted octanol–water partition coefficient (Wildman–Crippen LogP) is 1.92. The first-order chi connectivity index (χ1) is 7.41. The number of hydrogen-bond acceptors (Lipinski definition) is 2. The van der Waals surface area contributed by atoms with Crippen molar-refractivity contribution >= 4 is 16.8 Å². The first-order valence-electron chi connectivity index (χ1n) is 5.15. The van der Waals surface area contributed by atoms with E-state index in [0.717, 1.165) is 0 Å². The van der Waals surface area contributed by atoms with E-state index in [9.17, 15) is 9.00 Å². The van der Waals surface area contributed by atoms with Gasteiger partial charge in [0.05, 0.1) is 22.3 Å². The van der Waals surface area contributed by atoms with Crippen LogP contribution in [0.25, 0.3) is 0 Å². The average molecular weight is 239 g/mol. The largest absolute Gasteiger partial charge is 0.293 e. The Morgan fingerprint density at radius 3 is 2.31 bits per heavy atom. The van der Waals surface area contributed by atoms with Gasteiger partial charge in [0.2, 0.25) is 0 Å². The lowest BCUT2D eigenvalue weighted by atomic mass is 10.1. The van der Waals surface area contributed by atoms with Crippen LogP contribution in [0.3, 0.4) is 0 Å². The highest BCUT2D eigenvalue weighted by atomic mass is 32.2. The smallest absolute Gasteiger partial charge is 0.177 e. The summed E-state index contributed by atoms with van der Waals surface area (Å²) in [5, 5.41) is 0. The molecule has 0 amide bonds. The molecule has 1 rings (SSSR count). The SMILES string of the molecule is CC(C)(C)[S@@](=O)NCC(=O)c1ccccc1. The summed E-state index contributed by atoms with van der Waals surface area (Å²) in [7, 11) is -1.20. The lowest BCUT2D eigenvalue weighted by Crippen LogP contribution is -2.36. The summed E-state index contributed by atoms with van der Waals surface area (Å²) < 4.78 is 14.0. The van der Waals surface area contributed by atoms with Crippen LogP contribution >= 0.6 is 0 Å². The molecule has 0 spiro atoms. The van der Waals surface area contributed by atoms with Crippen LogP contribution in [0.1, 0.15) is 31.1 Å². The Balaban J connectivity index is 2.52. The van der Waals surface area contributed by atoms with Gasteiger partial charge >= 0.3 is 0 Å². The van der Waals surface area contributed by atoms with Crippen LogP contribution in [-0.2, 0) is 11.0 Å². The second-order valence-corrected chi connectivity index (χ2v) is 6.54. The van der Waals surface area contributed by atoms with E-state index in [-0.39, 0.29) is 17.1 Å². The fourth-order valence-electron chi connectivity index (χ4n) is 1.07. The minimum atomic E-state index is -1.20. The van der Waals surface area contributed by atoms with Crippen molar-refractivity contribution in [3.63, 3.8) is 0 Å². The van der Waals surface area contributed by atoms with Gasteiger partial charge in [-0.05, 0) is 20.8 Å². The van der Waals surface area contributed by atoms with E-state index < -0.39 is 11.0 Å². The number of rotatable bonds is 4. The number of ketones is 1. The van der Waals surface area contributed by atoms with Crippen LogP contribution in [0.5, 0.6) is 0 Å².